The zero-order chi connectivity index (χ0) is 13.9. The van der Waals surface area contributed by atoms with Gasteiger partial charge in [-0.15, -0.1) is 0 Å². The molecule has 0 radical (unpaired) electrons. The smallest absolute Gasteiger partial charge is 0.0596 e. The van der Waals surface area contributed by atoms with Crippen LogP contribution in [0.5, 0.6) is 0 Å². The first-order valence-corrected chi connectivity index (χ1v) is 6.93. The molecule has 1 rings (SSSR count). The number of hydrogen-bond acceptors (Lipinski definition) is 2. The molecule has 3 nitrogen and oxygen atoms in total. The first kappa shape index (κ1) is 15.2. The van der Waals surface area contributed by atoms with E-state index in [0.29, 0.717) is 11.8 Å². The predicted octanol–water partition coefficient (Wildman–Crippen LogP) is 2.93. The Kier molecular flexibility index (Phi) is 4.97. The van der Waals surface area contributed by atoms with Gasteiger partial charge in [-0.3, -0.25) is 4.68 Å². The molecule has 0 saturated carbocycles. The van der Waals surface area contributed by atoms with E-state index in [1.165, 1.54) is 5.69 Å². The van der Waals surface area contributed by atoms with E-state index in [4.69, 9.17) is 0 Å². The average molecular weight is 251 g/mol. The fraction of sp³-hybridized carbons (Fsp3) is 0.800. The standard InChI is InChI=1S/C15H29N3/c1-11(2)13(10-16-15(4,5)6)9-14-8-12(3)17-18(14)7/h8,11,13,16H,9-10H2,1-7H3. The Morgan fingerprint density at radius 2 is 1.94 bits per heavy atom. The molecule has 1 atom stereocenters. The van der Waals surface area contributed by atoms with Crippen LogP contribution in [0.3, 0.4) is 0 Å². The summed E-state index contributed by atoms with van der Waals surface area (Å²) in [5, 5.41) is 8.05. The van der Waals surface area contributed by atoms with Gasteiger partial charge in [-0.2, -0.15) is 5.10 Å². The Labute approximate surface area is 112 Å². The Morgan fingerprint density at radius 1 is 1.33 bits per heavy atom. The molecule has 1 aromatic heterocycles. The molecule has 0 fully saturated rings. The van der Waals surface area contributed by atoms with E-state index in [9.17, 15) is 0 Å². The zero-order valence-electron chi connectivity index (χ0n) is 13.0. The topological polar surface area (TPSA) is 29.9 Å². The maximum Gasteiger partial charge on any atom is 0.0596 e. The third-order valence-corrected chi connectivity index (χ3v) is 3.41. The van der Waals surface area contributed by atoms with E-state index < -0.39 is 0 Å². The van der Waals surface area contributed by atoms with Gasteiger partial charge in [0.05, 0.1) is 5.69 Å². The summed E-state index contributed by atoms with van der Waals surface area (Å²) in [6.07, 6.45) is 1.10. The summed E-state index contributed by atoms with van der Waals surface area (Å²) in [5.74, 6) is 1.33. The first-order valence-electron chi connectivity index (χ1n) is 6.93. The van der Waals surface area contributed by atoms with Crippen LogP contribution in [-0.4, -0.2) is 21.9 Å². The lowest BCUT2D eigenvalue weighted by Gasteiger charge is -2.27. The molecule has 0 aliphatic carbocycles. The van der Waals surface area contributed by atoms with Crippen molar-refractivity contribution in [2.75, 3.05) is 6.54 Å². The van der Waals surface area contributed by atoms with Gasteiger partial charge in [-0.25, -0.2) is 0 Å². The minimum absolute atomic E-state index is 0.190. The summed E-state index contributed by atoms with van der Waals surface area (Å²) in [5.41, 5.74) is 2.64. The van der Waals surface area contributed by atoms with Crippen LogP contribution in [0, 0.1) is 18.8 Å². The number of aromatic nitrogens is 2. The lowest BCUT2D eigenvalue weighted by Crippen LogP contribution is -2.40. The normalized spacial score (nSPS) is 14.2. The molecule has 1 heterocycles. The highest BCUT2D eigenvalue weighted by Gasteiger charge is 2.19. The number of nitrogens with one attached hydrogen (secondary N) is 1. The fourth-order valence-corrected chi connectivity index (χ4v) is 2.10. The molecule has 104 valence electrons. The maximum atomic E-state index is 4.43. The third-order valence-electron chi connectivity index (χ3n) is 3.41. The third kappa shape index (κ3) is 4.81. The largest absolute Gasteiger partial charge is 0.312 e. The fourth-order valence-electron chi connectivity index (χ4n) is 2.10. The van der Waals surface area contributed by atoms with Crippen LogP contribution in [-0.2, 0) is 13.5 Å². The van der Waals surface area contributed by atoms with Crippen molar-refractivity contribution in [3.63, 3.8) is 0 Å². The van der Waals surface area contributed by atoms with Gasteiger partial charge in [0, 0.05) is 18.3 Å². The highest BCUT2D eigenvalue weighted by Crippen LogP contribution is 2.18. The van der Waals surface area contributed by atoms with Crippen LogP contribution < -0.4 is 5.32 Å². The van der Waals surface area contributed by atoms with Gasteiger partial charge in [0.1, 0.15) is 0 Å². The van der Waals surface area contributed by atoms with Crippen molar-refractivity contribution in [3.05, 3.63) is 17.5 Å². The maximum absolute atomic E-state index is 4.43. The van der Waals surface area contributed by atoms with Gasteiger partial charge in [0.25, 0.3) is 0 Å². The SMILES string of the molecule is Cc1cc(CC(CNC(C)(C)C)C(C)C)n(C)n1. The molecule has 0 aliphatic rings. The van der Waals surface area contributed by atoms with Crippen molar-refractivity contribution >= 4 is 0 Å². The van der Waals surface area contributed by atoms with E-state index in [2.05, 4.69) is 58.0 Å². The van der Waals surface area contributed by atoms with Crippen LogP contribution in [0.15, 0.2) is 6.07 Å². The molecule has 0 aromatic carbocycles. The van der Waals surface area contributed by atoms with Crippen LogP contribution in [0.4, 0.5) is 0 Å². The van der Waals surface area contributed by atoms with Crippen molar-refractivity contribution in [1.82, 2.24) is 15.1 Å². The summed E-state index contributed by atoms with van der Waals surface area (Å²) in [6, 6.07) is 2.20. The second-order valence-electron chi connectivity index (χ2n) is 6.74. The average Bonchev–Trinajstić information content (AvgIpc) is 2.50. The summed E-state index contributed by atoms with van der Waals surface area (Å²) < 4.78 is 2.02. The van der Waals surface area contributed by atoms with E-state index in [1.807, 2.05) is 11.7 Å². The van der Waals surface area contributed by atoms with Crippen LogP contribution >= 0.6 is 0 Å². The highest BCUT2D eigenvalue weighted by molar-refractivity contribution is 5.09. The molecular weight excluding hydrogens is 222 g/mol. The summed E-state index contributed by atoms with van der Waals surface area (Å²) in [6.45, 7) is 14.4. The van der Waals surface area contributed by atoms with E-state index in [1.54, 1.807) is 0 Å². The molecule has 1 unspecified atom stereocenters. The Bertz CT molecular complexity index is 372. The van der Waals surface area contributed by atoms with E-state index in [0.717, 1.165) is 18.7 Å². The second-order valence-corrected chi connectivity index (χ2v) is 6.74. The van der Waals surface area contributed by atoms with Crippen molar-refractivity contribution in [1.29, 1.82) is 0 Å². The van der Waals surface area contributed by atoms with Gasteiger partial charge < -0.3 is 5.32 Å². The number of nitrogens with zero attached hydrogens (tertiary/aromatic N) is 2. The van der Waals surface area contributed by atoms with Crippen molar-refractivity contribution in [2.24, 2.45) is 18.9 Å². The molecule has 1 aromatic rings. The molecule has 0 spiro atoms. The summed E-state index contributed by atoms with van der Waals surface area (Å²) in [7, 11) is 2.04. The van der Waals surface area contributed by atoms with Gasteiger partial charge in [-0.1, -0.05) is 13.8 Å². The zero-order valence-corrected chi connectivity index (χ0v) is 13.0. The minimum atomic E-state index is 0.190. The predicted molar refractivity (Wildman–Crippen MR) is 77.7 cm³/mol. The number of hydrogen-bond donors (Lipinski definition) is 1. The quantitative estimate of drug-likeness (QED) is 0.872. The van der Waals surface area contributed by atoms with Gasteiger partial charge in [-0.05, 0) is 58.6 Å². The second kappa shape index (κ2) is 5.87. The molecule has 0 saturated heterocycles. The minimum Gasteiger partial charge on any atom is -0.312 e. The molecule has 0 bridgehead atoms. The van der Waals surface area contributed by atoms with Crippen molar-refractivity contribution in [2.45, 2.75) is 53.5 Å². The van der Waals surface area contributed by atoms with Crippen LogP contribution in [0.2, 0.25) is 0 Å². The highest BCUT2D eigenvalue weighted by atomic mass is 15.3. The van der Waals surface area contributed by atoms with Gasteiger partial charge in [0.15, 0.2) is 0 Å². The Hall–Kier alpha value is -0.830. The van der Waals surface area contributed by atoms with Crippen LogP contribution in [0.25, 0.3) is 0 Å². The molecule has 1 N–H and O–H groups in total. The van der Waals surface area contributed by atoms with Gasteiger partial charge in [0.2, 0.25) is 0 Å². The van der Waals surface area contributed by atoms with Crippen LogP contribution in [0.1, 0.15) is 46.0 Å². The number of aryl methyl sites for hydroxylation is 2. The monoisotopic (exact) mass is 251 g/mol. The molecule has 18 heavy (non-hydrogen) atoms. The molecule has 0 aliphatic heterocycles. The molecule has 0 amide bonds. The lowest BCUT2D eigenvalue weighted by molar-refractivity contribution is 0.308. The molecule has 3 heteroatoms. The number of rotatable bonds is 5. The Morgan fingerprint density at radius 3 is 2.33 bits per heavy atom. The van der Waals surface area contributed by atoms with Crippen molar-refractivity contribution < 1.29 is 0 Å². The van der Waals surface area contributed by atoms with E-state index in [-0.39, 0.29) is 5.54 Å². The van der Waals surface area contributed by atoms with Crippen molar-refractivity contribution in [3.8, 4) is 0 Å². The summed E-state index contributed by atoms with van der Waals surface area (Å²) in [4.78, 5) is 0. The lowest BCUT2D eigenvalue weighted by atomic mass is 9.90. The summed E-state index contributed by atoms with van der Waals surface area (Å²) >= 11 is 0. The first-order chi connectivity index (χ1) is 8.19. The Balaban J connectivity index is 2.66. The van der Waals surface area contributed by atoms with Gasteiger partial charge >= 0.3 is 0 Å². The van der Waals surface area contributed by atoms with E-state index >= 15 is 0 Å². The molecular formula is C15H29N3.